The van der Waals surface area contributed by atoms with Gasteiger partial charge < -0.3 is 15.0 Å². The number of rotatable bonds is 9. The molecule has 0 saturated carbocycles. The van der Waals surface area contributed by atoms with Crippen molar-refractivity contribution in [3.05, 3.63) is 0 Å². The van der Waals surface area contributed by atoms with Crippen LogP contribution in [0.2, 0.25) is 0 Å². The lowest BCUT2D eigenvalue weighted by Gasteiger charge is -2.24. The Morgan fingerprint density at radius 1 is 1.33 bits per heavy atom. The van der Waals surface area contributed by atoms with Crippen LogP contribution >= 0.6 is 0 Å². The van der Waals surface area contributed by atoms with Crippen LogP contribution in [0, 0.1) is 0 Å². The summed E-state index contributed by atoms with van der Waals surface area (Å²) in [5, 5.41) is 3.43. The van der Waals surface area contributed by atoms with E-state index in [1.165, 1.54) is 12.8 Å². The van der Waals surface area contributed by atoms with Crippen LogP contribution in [-0.4, -0.2) is 50.8 Å². The van der Waals surface area contributed by atoms with Gasteiger partial charge in [-0.3, -0.25) is 0 Å². The first-order valence-corrected chi connectivity index (χ1v) is 6.04. The Labute approximate surface area is 95.2 Å². The standard InChI is InChI=1S/C12H28N2O/c1-6-13-11(2)8-7-9-14(4)12(3)10-15-5/h11-13H,6-10H2,1-5H3. The van der Waals surface area contributed by atoms with Crippen LogP contribution in [0.15, 0.2) is 0 Å². The number of ether oxygens (including phenoxy) is 1. The van der Waals surface area contributed by atoms with Gasteiger partial charge in [0.15, 0.2) is 0 Å². The molecule has 0 amide bonds. The molecule has 0 aromatic carbocycles. The van der Waals surface area contributed by atoms with Gasteiger partial charge in [0, 0.05) is 19.2 Å². The summed E-state index contributed by atoms with van der Waals surface area (Å²) < 4.78 is 5.14. The van der Waals surface area contributed by atoms with E-state index in [0.717, 1.165) is 19.7 Å². The van der Waals surface area contributed by atoms with Crippen LogP contribution in [0.4, 0.5) is 0 Å². The number of nitrogens with zero attached hydrogens (tertiary/aromatic N) is 1. The van der Waals surface area contributed by atoms with Gasteiger partial charge in [-0.1, -0.05) is 6.92 Å². The summed E-state index contributed by atoms with van der Waals surface area (Å²) in [6, 6.07) is 1.16. The lowest BCUT2D eigenvalue weighted by Crippen LogP contribution is -2.34. The topological polar surface area (TPSA) is 24.5 Å². The summed E-state index contributed by atoms with van der Waals surface area (Å²) in [4.78, 5) is 2.36. The largest absolute Gasteiger partial charge is 0.383 e. The second kappa shape index (κ2) is 9.13. The van der Waals surface area contributed by atoms with Gasteiger partial charge in [-0.15, -0.1) is 0 Å². The Morgan fingerprint density at radius 3 is 2.53 bits per heavy atom. The molecule has 0 fully saturated rings. The highest BCUT2D eigenvalue weighted by Gasteiger charge is 2.08. The van der Waals surface area contributed by atoms with Crippen molar-refractivity contribution < 1.29 is 4.74 Å². The van der Waals surface area contributed by atoms with E-state index in [4.69, 9.17) is 4.74 Å². The van der Waals surface area contributed by atoms with Crippen LogP contribution in [0.5, 0.6) is 0 Å². The lowest BCUT2D eigenvalue weighted by molar-refractivity contribution is 0.114. The molecule has 3 heteroatoms. The molecule has 0 aromatic heterocycles. The SMILES string of the molecule is CCNC(C)CCCN(C)C(C)COC. The zero-order valence-corrected chi connectivity index (χ0v) is 11.0. The molecule has 2 atom stereocenters. The van der Waals surface area contributed by atoms with E-state index in [-0.39, 0.29) is 0 Å². The molecule has 0 aromatic rings. The zero-order chi connectivity index (χ0) is 11.7. The van der Waals surface area contributed by atoms with Gasteiger partial charge in [0.05, 0.1) is 6.61 Å². The molecular weight excluding hydrogens is 188 g/mol. The number of hydrogen-bond donors (Lipinski definition) is 1. The van der Waals surface area contributed by atoms with Gasteiger partial charge in [0.1, 0.15) is 0 Å². The van der Waals surface area contributed by atoms with Gasteiger partial charge in [-0.25, -0.2) is 0 Å². The van der Waals surface area contributed by atoms with E-state index in [1.54, 1.807) is 7.11 Å². The molecule has 92 valence electrons. The molecule has 3 nitrogen and oxygen atoms in total. The predicted molar refractivity (Wildman–Crippen MR) is 66.3 cm³/mol. The van der Waals surface area contributed by atoms with Crippen molar-refractivity contribution in [1.82, 2.24) is 10.2 Å². The average molecular weight is 216 g/mol. The van der Waals surface area contributed by atoms with Crippen molar-refractivity contribution in [1.29, 1.82) is 0 Å². The molecule has 0 aliphatic heterocycles. The Bertz CT molecular complexity index is 142. The fourth-order valence-electron chi connectivity index (χ4n) is 1.69. The van der Waals surface area contributed by atoms with E-state index in [2.05, 4.69) is 38.0 Å². The molecule has 0 bridgehead atoms. The summed E-state index contributed by atoms with van der Waals surface area (Å²) in [5.74, 6) is 0. The summed E-state index contributed by atoms with van der Waals surface area (Å²) in [7, 11) is 3.93. The maximum absolute atomic E-state index is 5.14. The Morgan fingerprint density at radius 2 is 2.00 bits per heavy atom. The minimum Gasteiger partial charge on any atom is -0.383 e. The van der Waals surface area contributed by atoms with E-state index in [9.17, 15) is 0 Å². The molecule has 0 aliphatic rings. The van der Waals surface area contributed by atoms with Crippen molar-refractivity contribution in [3.8, 4) is 0 Å². The third kappa shape index (κ3) is 7.77. The van der Waals surface area contributed by atoms with Crippen molar-refractivity contribution in [3.63, 3.8) is 0 Å². The number of methoxy groups -OCH3 is 1. The molecular formula is C12H28N2O. The highest BCUT2D eigenvalue weighted by Crippen LogP contribution is 2.02. The van der Waals surface area contributed by atoms with Crippen LogP contribution in [0.1, 0.15) is 33.6 Å². The Kier molecular flexibility index (Phi) is 9.06. The summed E-state index contributed by atoms with van der Waals surface area (Å²) >= 11 is 0. The van der Waals surface area contributed by atoms with Crippen molar-refractivity contribution in [2.45, 2.75) is 45.7 Å². The quantitative estimate of drug-likeness (QED) is 0.635. The molecule has 0 rings (SSSR count). The average Bonchev–Trinajstić information content (AvgIpc) is 2.18. The lowest BCUT2D eigenvalue weighted by atomic mass is 10.1. The van der Waals surface area contributed by atoms with Gasteiger partial charge in [-0.05, 0) is 46.8 Å². The predicted octanol–water partition coefficient (Wildman–Crippen LogP) is 1.73. The Hall–Kier alpha value is -0.120. The molecule has 0 radical (unpaired) electrons. The van der Waals surface area contributed by atoms with E-state index >= 15 is 0 Å². The first-order valence-electron chi connectivity index (χ1n) is 6.04. The second-order valence-corrected chi connectivity index (χ2v) is 4.39. The normalized spacial score (nSPS) is 15.6. The third-order valence-corrected chi connectivity index (χ3v) is 2.86. The van der Waals surface area contributed by atoms with E-state index in [1.807, 2.05) is 0 Å². The van der Waals surface area contributed by atoms with Crippen molar-refractivity contribution >= 4 is 0 Å². The smallest absolute Gasteiger partial charge is 0.0615 e. The maximum Gasteiger partial charge on any atom is 0.0615 e. The molecule has 0 spiro atoms. The first-order chi connectivity index (χ1) is 7.11. The zero-order valence-electron chi connectivity index (χ0n) is 11.0. The highest BCUT2D eigenvalue weighted by molar-refractivity contribution is 4.65. The molecule has 2 unspecified atom stereocenters. The van der Waals surface area contributed by atoms with Crippen LogP contribution in [-0.2, 0) is 4.74 Å². The number of likely N-dealkylation sites (N-methyl/N-ethyl adjacent to an activating group) is 1. The minimum absolute atomic E-state index is 0.518. The third-order valence-electron chi connectivity index (χ3n) is 2.86. The molecule has 0 heterocycles. The molecule has 1 N–H and O–H groups in total. The number of nitrogens with one attached hydrogen (secondary N) is 1. The summed E-state index contributed by atoms with van der Waals surface area (Å²) in [6.45, 7) is 9.65. The van der Waals surface area contributed by atoms with Gasteiger partial charge in [0.25, 0.3) is 0 Å². The first kappa shape index (κ1) is 14.9. The Balaban J connectivity index is 3.49. The maximum atomic E-state index is 5.14. The molecule has 0 saturated heterocycles. The fourth-order valence-corrected chi connectivity index (χ4v) is 1.69. The summed E-state index contributed by atoms with van der Waals surface area (Å²) in [5.41, 5.74) is 0. The monoisotopic (exact) mass is 216 g/mol. The van der Waals surface area contributed by atoms with Crippen LogP contribution < -0.4 is 5.32 Å². The van der Waals surface area contributed by atoms with Crippen LogP contribution in [0.25, 0.3) is 0 Å². The highest BCUT2D eigenvalue weighted by atomic mass is 16.5. The fraction of sp³-hybridized carbons (Fsp3) is 1.00. The van der Waals surface area contributed by atoms with Gasteiger partial charge in [-0.2, -0.15) is 0 Å². The van der Waals surface area contributed by atoms with Crippen LogP contribution in [0.3, 0.4) is 0 Å². The van der Waals surface area contributed by atoms with Gasteiger partial charge >= 0.3 is 0 Å². The number of hydrogen-bond acceptors (Lipinski definition) is 3. The minimum atomic E-state index is 0.518. The summed E-state index contributed by atoms with van der Waals surface area (Å²) in [6.07, 6.45) is 2.50. The van der Waals surface area contributed by atoms with Crippen molar-refractivity contribution in [2.24, 2.45) is 0 Å². The van der Waals surface area contributed by atoms with Crippen molar-refractivity contribution in [2.75, 3.05) is 33.9 Å². The van der Waals surface area contributed by atoms with E-state index < -0.39 is 0 Å². The van der Waals surface area contributed by atoms with Gasteiger partial charge in [0.2, 0.25) is 0 Å². The molecule has 0 aliphatic carbocycles. The van der Waals surface area contributed by atoms with E-state index in [0.29, 0.717) is 12.1 Å². The molecule has 15 heavy (non-hydrogen) atoms. The second-order valence-electron chi connectivity index (χ2n) is 4.39.